The lowest BCUT2D eigenvalue weighted by molar-refractivity contribution is -0.916. The summed E-state index contributed by atoms with van der Waals surface area (Å²) in [6.07, 6.45) is 0. The van der Waals surface area contributed by atoms with Crippen LogP contribution in [0, 0.1) is 23.7 Å². The third-order valence-corrected chi connectivity index (χ3v) is 6.55. The minimum absolute atomic E-state index is 0. The fourth-order valence-electron chi connectivity index (χ4n) is 3.48. The molecular formula is C26H42I2N2O2. The van der Waals surface area contributed by atoms with Crippen molar-refractivity contribution >= 4 is 0 Å². The summed E-state index contributed by atoms with van der Waals surface area (Å²) in [5.41, 5.74) is 0. The molecule has 1 aromatic rings. The molecule has 182 valence electrons. The second-order valence-electron chi connectivity index (χ2n) is 7.63. The van der Waals surface area contributed by atoms with Crippen LogP contribution in [-0.2, 0) is 0 Å². The summed E-state index contributed by atoms with van der Waals surface area (Å²) < 4.78 is 13.8. The number of nitrogens with zero attached hydrogens (tertiary/aromatic N) is 2. The highest BCUT2D eigenvalue weighted by Gasteiger charge is 2.19. The molecule has 6 heteroatoms. The molecule has 0 radical (unpaired) electrons. The van der Waals surface area contributed by atoms with Gasteiger partial charge in [-0.15, -0.1) is 0 Å². The van der Waals surface area contributed by atoms with Crippen molar-refractivity contribution in [2.75, 3.05) is 65.6 Å². The summed E-state index contributed by atoms with van der Waals surface area (Å²) in [6.45, 7) is 22.5. The van der Waals surface area contributed by atoms with E-state index >= 15 is 0 Å². The minimum atomic E-state index is 0. The topological polar surface area (TPSA) is 18.5 Å². The Morgan fingerprint density at radius 2 is 0.875 bits per heavy atom. The first-order chi connectivity index (χ1) is 14.5. The summed E-state index contributed by atoms with van der Waals surface area (Å²) >= 11 is 0. The molecule has 4 nitrogen and oxygen atoms in total. The smallest absolute Gasteiger partial charge is 0.162 e. The third kappa shape index (κ3) is 11.0. The van der Waals surface area contributed by atoms with Gasteiger partial charge in [0.2, 0.25) is 0 Å². The van der Waals surface area contributed by atoms with Gasteiger partial charge in [-0.2, -0.15) is 0 Å². The molecule has 1 aromatic carbocycles. The van der Waals surface area contributed by atoms with E-state index in [1.54, 1.807) is 0 Å². The zero-order chi connectivity index (χ0) is 22.3. The Bertz CT molecular complexity index is 660. The van der Waals surface area contributed by atoms with Crippen molar-refractivity contribution in [1.82, 2.24) is 0 Å². The molecule has 32 heavy (non-hydrogen) atoms. The third-order valence-electron chi connectivity index (χ3n) is 6.55. The number of hydrogen-bond donors (Lipinski definition) is 0. The maximum Gasteiger partial charge on any atom is 0.162 e. The monoisotopic (exact) mass is 668 g/mol. The summed E-state index contributed by atoms with van der Waals surface area (Å²) in [7, 11) is 0. The Labute approximate surface area is 231 Å². The highest BCUT2D eigenvalue weighted by atomic mass is 127. The van der Waals surface area contributed by atoms with E-state index in [4.69, 9.17) is 9.47 Å². The van der Waals surface area contributed by atoms with Crippen LogP contribution < -0.4 is 57.4 Å². The Kier molecular flexibility index (Phi) is 19.6. The average Bonchev–Trinajstić information content (AvgIpc) is 2.80. The van der Waals surface area contributed by atoms with Gasteiger partial charge < -0.3 is 66.4 Å². The number of ether oxygens (including phenoxy) is 2. The molecule has 0 N–H and O–H groups in total. The first-order valence-corrected chi connectivity index (χ1v) is 11.5. The molecular weight excluding hydrogens is 626 g/mol. The molecule has 0 amide bonds. The quantitative estimate of drug-likeness (QED) is 0.149. The molecule has 0 heterocycles. The van der Waals surface area contributed by atoms with E-state index in [0.29, 0.717) is 13.2 Å². The summed E-state index contributed by atoms with van der Waals surface area (Å²) in [5, 5.41) is 0. The van der Waals surface area contributed by atoms with Crippen molar-refractivity contribution in [3.8, 4) is 35.2 Å². The fraction of sp³-hybridized carbons (Fsp3) is 0.615. The Morgan fingerprint density at radius 3 is 1.16 bits per heavy atom. The first-order valence-electron chi connectivity index (χ1n) is 11.5. The number of para-hydroxylation sites is 2. The normalized spacial score (nSPS) is 10.4. The molecule has 0 aromatic heterocycles. The molecule has 0 fully saturated rings. The molecule has 0 aliphatic heterocycles. The van der Waals surface area contributed by atoms with Crippen LogP contribution in [0.15, 0.2) is 24.3 Å². The molecule has 0 bridgehead atoms. The van der Waals surface area contributed by atoms with Crippen LogP contribution in [0.3, 0.4) is 0 Å². The van der Waals surface area contributed by atoms with Gasteiger partial charge in [0.25, 0.3) is 0 Å². The van der Waals surface area contributed by atoms with Crippen LogP contribution in [-0.4, -0.2) is 74.5 Å². The van der Waals surface area contributed by atoms with Crippen LogP contribution in [0.25, 0.3) is 0 Å². The van der Waals surface area contributed by atoms with Crippen LogP contribution in [0.4, 0.5) is 0 Å². The average molecular weight is 668 g/mol. The molecule has 0 saturated carbocycles. The Balaban J connectivity index is 0. The van der Waals surface area contributed by atoms with E-state index in [1.807, 2.05) is 24.3 Å². The van der Waals surface area contributed by atoms with Crippen molar-refractivity contribution in [2.24, 2.45) is 0 Å². The second-order valence-corrected chi connectivity index (χ2v) is 7.63. The van der Waals surface area contributed by atoms with Crippen molar-refractivity contribution in [3.63, 3.8) is 0 Å². The molecule has 0 atom stereocenters. The van der Waals surface area contributed by atoms with Crippen molar-refractivity contribution < 1.29 is 66.4 Å². The van der Waals surface area contributed by atoms with E-state index in [1.165, 1.54) is 0 Å². The SMILES string of the molecule is CC[N+](CC)(CC)CC#CCOc1ccccc1OCC#CC[N+](CC)(CC)CC.[I-].[I-]. The number of quaternary nitrogens is 2. The first kappa shape index (κ1) is 33.5. The molecule has 0 aliphatic carbocycles. The summed E-state index contributed by atoms with van der Waals surface area (Å²) in [4.78, 5) is 0. The molecule has 0 unspecified atom stereocenters. The van der Waals surface area contributed by atoms with Gasteiger partial charge in [-0.3, -0.25) is 0 Å². The van der Waals surface area contributed by atoms with E-state index < -0.39 is 0 Å². The lowest BCUT2D eigenvalue weighted by atomic mass is 10.3. The predicted molar refractivity (Wildman–Crippen MR) is 126 cm³/mol. The van der Waals surface area contributed by atoms with Crippen LogP contribution in [0.1, 0.15) is 41.5 Å². The summed E-state index contributed by atoms with van der Waals surface area (Å²) in [6, 6.07) is 7.73. The zero-order valence-electron chi connectivity index (χ0n) is 20.8. The predicted octanol–water partition coefficient (Wildman–Crippen LogP) is -1.79. The van der Waals surface area contributed by atoms with E-state index in [-0.39, 0.29) is 48.0 Å². The van der Waals surface area contributed by atoms with E-state index in [0.717, 1.165) is 72.8 Å². The maximum absolute atomic E-state index is 5.86. The van der Waals surface area contributed by atoms with E-state index in [9.17, 15) is 0 Å². The van der Waals surface area contributed by atoms with Gasteiger partial charge in [0.15, 0.2) is 11.5 Å². The van der Waals surface area contributed by atoms with Crippen molar-refractivity contribution in [1.29, 1.82) is 0 Å². The fourth-order valence-corrected chi connectivity index (χ4v) is 3.48. The molecule has 0 spiro atoms. The van der Waals surface area contributed by atoms with E-state index in [2.05, 4.69) is 65.2 Å². The van der Waals surface area contributed by atoms with Crippen LogP contribution >= 0.6 is 0 Å². The molecule has 1 rings (SSSR count). The van der Waals surface area contributed by atoms with Crippen LogP contribution in [0.2, 0.25) is 0 Å². The van der Waals surface area contributed by atoms with Gasteiger partial charge >= 0.3 is 0 Å². The summed E-state index contributed by atoms with van der Waals surface area (Å²) in [5.74, 6) is 14.3. The highest BCUT2D eigenvalue weighted by Crippen LogP contribution is 2.26. The van der Waals surface area contributed by atoms with Gasteiger partial charge in [0.1, 0.15) is 26.3 Å². The van der Waals surface area contributed by atoms with Gasteiger partial charge in [-0.1, -0.05) is 24.0 Å². The second kappa shape index (κ2) is 18.7. The largest absolute Gasteiger partial charge is 1.00 e. The zero-order valence-corrected chi connectivity index (χ0v) is 25.2. The number of benzene rings is 1. The van der Waals surface area contributed by atoms with Gasteiger partial charge in [-0.05, 0) is 65.5 Å². The Morgan fingerprint density at radius 1 is 0.562 bits per heavy atom. The highest BCUT2D eigenvalue weighted by molar-refractivity contribution is 5.40. The standard InChI is InChI=1S/C26H42N2O2.2HI/c1-7-27(8-2,9-3)21-15-17-23-29-25-19-13-14-20-26(25)30-24-18-16-22-28(10-4,11-5)12-6;;/h13-14,19-20H,7-12,21-24H2,1-6H3;2*1H/q+2;;/p-2. The Hall–Kier alpha value is -0.680. The molecule has 0 aliphatic rings. The van der Waals surface area contributed by atoms with Crippen LogP contribution in [0.5, 0.6) is 11.5 Å². The number of rotatable bonds is 12. The number of halogens is 2. The van der Waals surface area contributed by atoms with Gasteiger partial charge in [0, 0.05) is 0 Å². The van der Waals surface area contributed by atoms with Crippen molar-refractivity contribution in [2.45, 2.75) is 41.5 Å². The van der Waals surface area contributed by atoms with Gasteiger partial charge in [-0.25, -0.2) is 0 Å². The lowest BCUT2D eigenvalue weighted by Gasteiger charge is -2.33. The lowest BCUT2D eigenvalue weighted by Crippen LogP contribution is -3.00. The van der Waals surface area contributed by atoms with Gasteiger partial charge in [0.05, 0.1) is 39.3 Å². The molecule has 0 saturated heterocycles. The number of hydrogen-bond acceptors (Lipinski definition) is 2. The van der Waals surface area contributed by atoms with Crippen molar-refractivity contribution in [3.05, 3.63) is 24.3 Å². The minimum Gasteiger partial charge on any atom is -1.00 e. The maximum atomic E-state index is 5.86.